The SMILES string of the molecule is O=C(NCC1CCN(C(=O)O)C1)C1CCN(c2nc(-c3ccc(Cl)cc3)no2)CC1. The van der Waals surface area contributed by atoms with Gasteiger partial charge < -0.3 is 24.7 Å². The van der Waals surface area contributed by atoms with E-state index in [9.17, 15) is 9.59 Å². The van der Waals surface area contributed by atoms with Crippen molar-refractivity contribution in [3.05, 3.63) is 29.3 Å². The highest BCUT2D eigenvalue weighted by Gasteiger charge is 2.30. The van der Waals surface area contributed by atoms with Crippen LogP contribution in [0.2, 0.25) is 5.02 Å². The maximum Gasteiger partial charge on any atom is 0.407 e. The molecule has 0 spiro atoms. The van der Waals surface area contributed by atoms with Gasteiger partial charge >= 0.3 is 12.1 Å². The number of amides is 2. The lowest BCUT2D eigenvalue weighted by molar-refractivity contribution is -0.125. The predicted octanol–water partition coefficient (Wildman–Crippen LogP) is 2.72. The van der Waals surface area contributed by atoms with Crippen molar-refractivity contribution in [1.29, 1.82) is 0 Å². The number of carboxylic acid groups (broad SMARTS) is 1. The number of piperidine rings is 1. The van der Waals surface area contributed by atoms with Crippen molar-refractivity contribution in [3.63, 3.8) is 0 Å². The molecular formula is C20H24ClN5O4. The molecule has 1 unspecified atom stereocenters. The van der Waals surface area contributed by atoms with E-state index in [-0.39, 0.29) is 17.7 Å². The molecule has 0 saturated carbocycles. The molecular weight excluding hydrogens is 410 g/mol. The number of nitrogens with zero attached hydrogens (tertiary/aromatic N) is 4. The average Bonchev–Trinajstić information content (AvgIpc) is 3.43. The lowest BCUT2D eigenvalue weighted by Gasteiger charge is -2.30. The van der Waals surface area contributed by atoms with Crippen LogP contribution < -0.4 is 10.2 Å². The van der Waals surface area contributed by atoms with Crippen LogP contribution in [0.3, 0.4) is 0 Å². The number of aromatic nitrogens is 2. The molecule has 2 aliphatic heterocycles. The van der Waals surface area contributed by atoms with Crippen molar-refractivity contribution in [1.82, 2.24) is 20.4 Å². The van der Waals surface area contributed by atoms with Crippen molar-refractivity contribution < 1.29 is 19.2 Å². The summed E-state index contributed by atoms with van der Waals surface area (Å²) in [7, 11) is 0. The van der Waals surface area contributed by atoms with Gasteiger partial charge in [-0.05, 0) is 49.4 Å². The van der Waals surface area contributed by atoms with Crippen LogP contribution in [-0.2, 0) is 4.79 Å². The van der Waals surface area contributed by atoms with Crippen molar-refractivity contribution in [2.45, 2.75) is 19.3 Å². The minimum absolute atomic E-state index is 0.0378. The summed E-state index contributed by atoms with van der Waals surface area (Å²) >= 11 is 5.91. The topological polar surface area (TPSA) is 112 Å². The molecule has 2 aliphatic rings. The molecule has 3 heterocycles. The Balaban J connectivity index is 1.24. The third-order valence-electron chi connectivity index (χ3n) is 5.78. The van der Waals surface area contributed by atoms with Gasteiger partial charge in [0.15, 0.2) is 0 Å². The number of anilines is 1. The first-order valence-electron chi connectivity index (χ1n) is 10.1. The summed E-state index contributed by atoms with van der Waals surface area (Å²) in [5, 5.41) is 16.7. The minimum Gasteiger partial charge on any atom is -0.465 e. The second-order valence-corrected chi connectivity index (χ2v) is 8.23. The lowest BCUT2D eigenvalue weighted by Crippen LogP contribution is -2.42. The summed E-state index contributed by atoms with van der Waals surface area (Å²) < 4.78 is 5.41. The largest absolute Gasteiger partial charge is 0.465 e. The van der Waals surface area contributed by atoms with Crippen molar-refractivity contribution in [2.75, 3.05) is 37.6 Å². The fraction of sp³-hybridized carbons (Fsp3) is 0.500. The van der Waals surface area contributed by atoms with Gasteiger partial charge in [-0.25, -0.2) is 4.79 Å². The number of hydrogen-bond donors (Lipinski definition) is 2. The number of rotatable bonds is 5. The number of nitrogens with one attached hydrogen (secondary N) is 1. The lowest BCUT2D eigenvalue weighted by atomic mass is 9.96. The number of hydrogen-bond acceptors (Lipinski definition) is 6. The zero-order chi connectivity index (χ0) is 21.1. The molecule has 1 aromatic heterocycles. The molecule has 0 radical (unpaired) electrons. The number of halogens is 1. The van der Waals surface area contributed by atoms with E-state index in [0.29, 0.717) is 62.4 Å². The van der Waals surface area contributed by atoms with Crippen molar-refractivity contribution in [3.8, 4) is 11.4 Å². The fourth-order valence-electron chi connectivity index (χ4n) is 3.96. The van der Waals surface area contributed by atoms with Gasteiger partial charge in [-0.2, -0.15) is 4.98 Å². The number of benzene rings is 1. The Morgan fingerprint density at radius 1 is 1.17 bits per heavy atom. The molecule has 160 valence electrons. The Hall–Kier alpha value is -2.81. The van der Waals surface area contributed by atoms with Gasteiger partial charge in [0.05, 0.1) is 0 Å². The van der Waals surface area contributed by atoms with Gasteiger partial charge in [0, 0.05) is 49.2 Å². The Kier molecular flexibility index (Phi) is 6.08. The normalized spacial score (nSPS) is 19.8. The maximum atomic E-state index is 12.5. The van der Waals surface area contributed by atoms with Crippen LogP contribution in [0.25, 0.3) is 11.4 Å². The molecule has 2 aromatic rings. The van der Waals surface area contributed by atoms with E-state index in [2.05, 4.69) is 15.5 Å². The Morgan fingerprint density at radius 2 is 1.90 bits per heavy atom. The Labute approximate surface area is 179 Å². The minimum atomic E-state index is -0.892. The Bertz CT molecular complexity index is 895. The number of carbonyl (C=O) groups is 2. The zero-order valence-corrected chi connectivity index (χ0v) is 17.2. The molecule has 2 amide bonds. The monoisotopic (exact) mass is 433 g/mol. The molecule has 9 nitrogen and oxygen atoms in total. The smallest absolute Gasteiger partial charge is 0.407 e. The highest BCUT2D eigenvalue weighted by atomic mass is 35.5. The molecule has 4 rings (SSSR count). The van der Waals surface area contributed by atoms with Crippen molar-refractivity contribution >= 4 is 29.6 Å². The van der Waals surface area contributed by atoms with Crippen LogP contribution in [0.1, 0.15) is 19.3 Å². The molecule has 0 bridgehead atoms. The van der Waals surface area contributed by atoms with Gasteiger partial charge in [0.25, 0.3) is 0 Å². The predicted molar refractivity (Wildman–Crippen MR) is 110 cm³/mol. The third kappa shape index (κ3) is 4.67. The number of likely N-dealkylation sites (tertiary alicyclic amines) is 1. The van der Waals surface area contributed by atoms with Crippen LogP contribution in [-0.4, -0.2) is 64.9 Å². The van der Waals surface area contributed by atoms with Gasteiger partial charge in [0.2, 0.25) is 11.7 Å². The van der Waals surface area contributed by atoms with Gasteiger partial charge in [0.1, 0.15) is 0 Å². The van der Waals surface area contributed by atoms with Gasteiger partial charge in [-0.1, -0.05) is 16.8 Å². The molecule has 1 atom stereocenters. The summed E-state index contributed by atoms with van der Waals surface area (Å²) in [4.78, 5) is 31.4. The average molecular weight is 434 g/mol. The number of carbonyl (C=O) groups excluding carboxylic acids is 1. The van der Waals surface area contributed by atoms with E-state index in [1.807, 2.05) is 17.0 Å². The van der Waals surface area contributed by atoms with Crippen LogP contribution in [0.4, 0.5) is 10.8 Å². The van der Waals surface area contributed by atoms with E-state index < -0.39 is 6.09 Å². The first kappa shape index (κ1) is 20.5. The zero-order valence-electron chi connectivity index (χ0n) is 16.5. The van der Waals surface area contributed by atoms with E-state index in [1.54, 1.807) is 12.1 Å². The first-order valence-corrected chi connectivity index (χ1v) is 10.5. The highest BCUT2D eigenvalue weighted by Crippen LogP contribution is 2.25. The van der Waals surface area contributed by atoms with Crippen LogP contribution in [0, 0.1) is 11.8 Å². The van der Waals surface area contributed by atoms with E-state index in [1.165, 1.54) is 4.90 Å². The van der Waals surface area contributed by atoms with Gasteiger partial charge in [-0.3, -0.25) is 4.79 Å². The standard InChI is InChI=1S/C20H24ClN5O4/c21-16-3-1-14(2-4-16)17-23-19(30-24-17)25-9-6-15(7-10-25)18(27)22-11-13-5-8-26(12-13)20(28)29/h1-4,13,15H,5-12H2,(H,22,27)(H,28,29). The maximum absolute atomic E-state index is 12.5. The molecule has 0 aliphatic carbocycles. The second kappa shape index (κ2) is 8.91. The summed E-state index contributed by atoms with van der Waals surface area (Å²) in [6.07, 6.45) is 1.31. The van der Waals surface area contributed by atoms with Gasteiger partial charge in [-0.15, -0.1) is 0 Å². The summed E-state index contributed by atoms with van der Waals surface area (Å²) in [6, 6.07) is 7.70. The van der Waals surface area contributed by atoms with Crippen LogP contribution >= 0.6 is 11.6 Å². The highest BCUT2D eigenvalue weighted by molar-refractivity contribution is 6.30. The van der Waals surface area contributed by atoms with Crippen LogP contribution in [0.15, 0.2) is 28.8 Å². The molecule has 10 heteroatoms. The van der Waals surface area contributed by atoms with E-state index >= 15 is 0 Å². The summed E-state index contributed by atoms with van der Waals surface area (Å²) in [5.41, 5.74) is 0.831. The molecule has 30 heavy (non-hydrogen) atoms. The second-order valence-electron chi connectivity index (χ2n) is 7.80. The van der Waals surface area contributed by atoms with Crippen molar-refractivity contribution in [2.24, 2.45) is 11.8 Å². The molecule has 1 aromatic carbocycles. The molecule has 2 N–H and O–H groups in total. The molecule has 2 saturated heterocycles. The summed E-state index contributed by atoms with van der Waals surface area (Å²) in [5.74, 6) is 0.677. The first-order chi connectivity index (χ1) is 14.5. The van der Waals surface area contributed by atoms with E-state index in [4.69, 9.17) is 21.2 Å². The fourth-order valence-corrected chi connectivity index (χ4v) is 4.08. The third-order valence-corrected chi connectivity index (χ3v) is 6.03. The Morgan fingerprint density at radius 3 is 2.57 bits per heavy atom. The quantitative estimate of drug-likeness (QED) is 0.745. The molecule has 2 fully saturated rings. The summed E-state index contributed by atoms with van der Waals surface area (Å²) in [6.45, 7) is 2.88. The van der Waals surface area contributed by atoms with E-state index in [0.717, 1.165) is 12.0 Å². The van der Waals surface area contributed by atoms with Crippen LogP contribution in [0.5, 0.6) is 0 Å².